The van der Waals surface area contributed by atoms with E-state index in [9.17, 15) is 4.79 Å². The molecule has 2 N–H and O–H groups in total. The Morgan fingerprint density at radius 3 is 2.35 bits per heavy atom. The van der Waals surface area contributed by atoms with Crippen LogP contribution in [-0.4, -0.2) is 73.5 Å². The van der Waals surface area contributed by atoms with E-state index in [1.165, 1.54) is 5.56 Å². The fourth-order valence-corrected chi connectivity index (χ4v) is 3.62. The maximum absolute atomic E-state index is 12.8. The van der Waals surface area contributed by atoms with Gasteiger partial charge in [-0.3, -0.25) is 9.69 Å². The number of likely N-dealkylation sites (tertiary alicyclic amines) is 1. The number of halogens is 2. The summed E-state index contributed by atoms with van der Waals surface area (Å²) in [5, 5.41) is 0. The summed E-state index contributed by atoms with van der Waals surface area (Å²) in [5.41, 5.74) is 7.81. The van der Waals surface area contributed by atoms with Crippen molar-refractivity contribution < 1.29 is 4.79 Å². The van der Waals surface area contributed by atoms with Crippen LogP contribution in [0.3, 0.4) is 0 Å². The monoisotopic (exact) mass is 402 g/mol. The smallest absolute Gasteiger partial charge is 0.253 e. The first-order valence-electron chi connectivity index (χ1n) is 9.15. The van der Waals surface area contributed by atoms with Crippen molar-refractivity contribution in [1.29, 1.82) is 0 Å². The van der Waals surface area contributed by atoms with Gasteiger partial charge >= 0.3 is 0 Å². The lowest BCUT2D eigenvalue weighted by Gasteiger charge is -2.33. The van der Waals surface area contributed by atoms with Crippen LogP contribution in [0.1, 0.15) is 28.8 Å². The van der Waals surface area contributed by atoms with Crippen LogP contribution < -0.4 is 5.73 Å². The third-order valence-corrected chi connectivity index (χ3v) is 5.41. The van der Waals surface area contributed by atoms with E-state index in [1.54, 1.807) is 0 Å². The Bertz CT molecular complexity index is 556. The number of nitrogens with two attached hydrogens (primary N) is 1. The molecule has 0 bridgehead atoms. The molecule has 2 aliphatic heterocycles. The fraction of sp³-hybridized carbons (Fsp3) is 0.632. The third kappa shape index (κ3) is 6.10. The Hall–Kier alpha value is -0.850. The summed E-state index contributed by atoms with van der Waals surface area (Å²) >= 11 is 0. The van der Waals surface area contributed by atoms with Gasteiger partial charge in [0.15, 0.2) is 0 Å². The number of hydrogen-bond acceptors (Lipinski definition) is 4. The van der Waals surface area contributed by atoms with E-state index in [0.29, 0.717) is 5.92 Å². The summed E-state index contributed by atoms with van der Waals surface area (Å²) in [6, 6.07) is 8.18. The van der Waals surface area contributed by atoms with Gasteiger partial charge in [0.2, 0.25) is 0 Å². The molecule has 0 spiro atoms. The lowest BCUT2D eigenvalue weighted by Crippen LogP contribution is -2.43. The molecule has 7 heteroatoms. The van der Waals surface area contributed by atoms with Crippen molar-refractivity contribution in [3.63, 3.8) is 0 Å². The SMILES string of the molecule is CN1CCN(Cc2cccc(C(=O)N3CCC(CN)CC3)c2)CC1.Cl.Cl. The summed E-state index contributed by atoms with van der Waals surface area (Å²) in [7, 11) is 2.17. The summed E-state index contributed by atoms with van der Waals surface area (Å²) in [6.07, 6.45) is 2.06. The van der Waals surface area contributed by atoms with E-state index >= 15 is 0 Å². The quantitative estimate of drug-likeness (QED) is 0.837. The number of benzene rings is 1. The van der Waals surface area contributed by atoms with Crippen LogP contribution in [-0.2, 0) is 6.54 Å². The van der Waals surface area contributed by atoms with E-state index in [4.69, 9.17) is 5.73 Å². The van der Waals surface area contributed by atoms with Crippen LogP contribution in [0.4, 0.5) is 0 Å². The zero-order chi connectivity index (χ0) is 16.9. The highest BCUT2D eigenvalue weighted by molar-refractivity contribution is 5.94. The van der Waals surface area contributed by atoms with Gasteiger partial charge in [0, 0.05) is 51.4 Å². The van der Waals surface area contributed by atoms with Gasteiger partial charge < -0.3 is 15.5 Å². The number of carbonyl (C=O) groups excluding carboxylic acids is 1. The van der Waals surface area contributed by atoms with E-state index in [0.717, 1.165) is 70.8 Å². The second-order valence-electron chi connectivity index (χ2n) is 7.25. The molecule has 2 heterocycles. The number of nitrogens with zero attached hydrogens (tertiary/aromatic N) is 3. The van der Waals surface area contributed by atoms with E-state index in [2.05, 4.69) is 29.0 Å². The summed E-state index contributed by atoms with van der Waals surface area (Å²) in [5.74, 6) is 0.753. The maximum Gasteiger partial charge on any atom is 0.253 e. The van der Waals surface area contributed by atoms with Gasteiger partial charge in [-0.1, -0.05) is 12.1 Å². The van der Waals surface area contributed by atoms with Gasteiger partial charge in [0.25, 0.3) is 5.91 Å². The number of rotatable bonds is 4. The van der Waals surface area contributed by atoms with Gasteiger partial charge in [-0.15, -0.1) is 24.8 Å². The Balaban J connectivity index is 0.00000169. The van der Waals surface area contributed by atoms with E-state index in [1.807, 2.05) is 17.0 Å². The molecule has 2 fully saturated rings. The Labute approximate surface area is 169 Å². The van der Waals surface area contributed by atoms with Crippen LogP contribution in [0, 0.1) is 5.92 Å². The summed E-state index contributed by atoms with van der Waals surface area (Å²) < 4.78 is 0. The second kappa shape index (κ2) is 11.1. The first kappa shape index (κ1) is 23.2. The molecule has 0 aromatic heterocycles. The molecule has 0 saturated carbocycles. The Kier molecular flexibility index (Phi) is 9.90. The second-order valence-corrected chi connectivity index (χ2v) is 7.25. The molecule has 0 radical (unpaired) electrons. The molecule has 148 valence electrons. The predicted molar refractivity (Wildman–Crippen MR) is 111 cm³/mol. The van der Waals surface area contributed by atoms with E-state index in [-0.39, 0.29) is 30.7 Å². The molecular formula is C19H32Cl2N4O. The third-order valence-electron chi connectivity index (χ3n) is 5.41. The fourth-order valence-electron chi connectivity index (χ4n) is 3.62. The molecule has 0 unspecified atom stereocenters. The topological polar surface area (TPSA) is 52.8 Å². The van der Waals surface area contributed by atoms with Gasteiger partial charge in [0.05, 0.1) is 0 Å². The molecule has 26 heavy (non-hydrogen) atoms. The molecule has 3 rings (SSSR count). The zero-order valence-corrected chi connectivity index (χ0v) is 17.2. The normalized spacial score (nSPS) is 19.5. The molecule has 2 saturated heterocycles. The molecular weight excluding hydrogens is 371 g/mol. The minimum Gasteiger partial charge on any atom is -0.339 e. The minimum absolute atomic E-state index is 0. The number of piperidine rings is 1. The van der Waals surface area contributed by atoms with Crippen LogP contribution in [0.15, 0.2) is 24.3 Å². The average molecular weight is 403 g/mol. The lowest BCUT2D eigenvalue weighted by molar-refractivity contribution is 0.0693. The largest absolute Gasteiger partial charge is 0.339 e. The summed E-state index contributed by atoms with van der Waals surface area (Å²) in [6.45, 7) is 7.78. The van der Waals surface area contributed by atoms with Gasteiger partial charge in [-0.2, -0.15) is 0 Å². The van der Waals surface area contributed by atoms with E-state index < -0.39 is 0 Å². The van der Waals surface area contributed by atoms with Crippen molar-refractivity contribution in [2.75, 3.05) is 52.9 Å². The predicted octanol–water partition coefficient (Wildman–Crippen LogP) is 2.09. The van der Waals surface area contributed by atoms with Crippen LogP contribution >= 0.6 is 24.8 Å². The number of piperazine rings is 1. The van der Waals surface area contributed by atoms with Crippen molar-refractivity contribution >= 4 is 30.7 Å². The van der Waals surface area contributed by atoms with Crippen LogP contribution in [0.25, 0.3) is 0 Å². The lowest BCUT2D eigenvalue weighted by atomic mass is 9.96. The first-order chi connectivity index (χ1) is 11.7. The van der Waals surface area contributed by atoms with Crippen molar-refractivity contribution in [1.82, 2.24) is 14.7 Å². The average Bonchev–Trinajstić information content (AvgIpc) is 2.63. The number of hydrogen-bond donors (Lipinski definition) is 1. The highest BCUT2D eigenvalue weighted by atomic mass is 35.5. The number of likely N-dealkylation sites (N-methyl/N-ethyl adjacent to an activating group) is 1. The molecule has 0 aliphatic carbocycles. The minimum atomic E-state index is 0. The molecule has 5 nitrogen and oxygen atoms in total. The van der Waals surface area contributed by atoms with Crippen LogP contribution in [0.5, 0.6) is 0 Å². The highest BCUT2D eigenvalue weighted by Gasteiger charge is 2.23. The Morgan fingerprint density at radius 1 is 1.08 bits per heavy atom. The van der Waals surface area contributed by atoms with Crippen LogP contribution in [0.2, 0.25) is 0 Å². The highest BCUT2D eigenvalue weighted by Crippen LogP contribution is 2.19. The van der Waals surface area contributed by atoms with Crippen molar-refractivity contribution in [3.8, 4) is 0 Å². The van der Waals surface area contributed by atoms with Gasteiger partial charge in [-0.25, -0.2) is 0 Å². The maximum atomic E-state index is 12.8. The standard InChI is InChI=1S/C19H30N4O.2ClH/c1-21-9-11-22(12-10-21)15-17-3-2-4-18(13-17)19(24)23-7-5-16(14-20)6-8-23;;/h2-4,13,16H,5-12,14-15,20H2,1H3;2*1H. The molecule has 1 aromatic rings. The summed E-state index contributed by atoms with van der Waals surface area (Å²) in [4.78, 5) is 19.6. The van der Waals surface area contributed by atoms with Crippen molar-refractivity contribution in [3.05, 3.63) is 35.4 Å². The molecule has 1 amide bonds. The molecule has 1 aromatic carbocycles. The Morgan fingerprint density at radius 2 is 1.73 bits per heavy atom. The number of amides is 1. The molecule has 0 atom stereocenters. The van der Waals surface area contributed by atoms with Crippen molar-refractivity contribution in [2.45, 2.75) is 19.4 Å². The molecule has 2 aliphatic rings. The van der Waals surface area contributed by atoms with Gasteiger partial charge in [0.1, 0.15) is 0 Å². The first-order valence-corrected chi connectivity index (χ1v) is 9.15. The number of carbonyl (C=O) groups is 1. The van der Waals surface area contributed by atoms with Crippen molar-refractivity contribution in [2.24, 2.45) is 11.7 Å². The van der Waals surface area contributed by atoms with Gasteiger partial charge in [-0.05, 0) is 50.0 Å². The zero-order valence-electron chi connectivity index (χ0n) is 15.6.